The molecule has 0 unspecified atom stereocenters. The predicted octanol–water partition coefficient (Wildman–Crippen LogP) is 4.22. The summed E-state index contributed by atoms with van der Waals surface area (Å²) in [6.45, 7) is 1.39. The van der Waals surface area contributed by atoms with E-state index < -0.39 is 11.7 Å². The van der Waals surface area contributed by atoms with Crippen molar-refractivity contribution in [3.63, 3.8) is 0 Å². The van der Waals surface area contributed by atoms with Gasteiger partial charge in [0.1, 0.15) is 5.52 Å². The number of hydrogen-bond donors (Lipinski definition) is 0. The van der Waals surface area contributed by atoms with Crippen LogP contribution in [0.15, 0.2) is 41.1 Å². The molecule has 20 heavy (non-hydrogen) atoms. The van der Waals surface area contributed by atoms with Crippen molar-refractivity contribution in [2.75, 3.05) is 0 Å². The Morgan fingerprint density at radius 2 is 1.75 bits per heavy atom. The summed E-state index contributed by atoms with van der Waals surface area (Å²) in [7, 11) is 0. The number of halogens is 3. The number of hydrogen-bond acceptors (Lipinski definition) is 3. The summed E-state index contributed by atoms with van der Waals surface area (Å²) in [5.41, 5.74) is 0.608. The van der Waals surface area contributed by atoms with Crippen molar-refractivity contribution in [1.29, 1.82) is 0 Å². The van der Waals surface area contributed by atoms with Gasteiger partial charge in [0, 0.05) is 18.0 Å². The molecule has 0 atom stereocenters. The summed E-state index contributed by atoms with van der Waals surface area (Å²) in [5.74, 6) is 0.282. The van der Waals surface area contributed by atoms with Gasteiger partial charge in [0.05, 0.1) is 5.56 Å². The second kappa shape index (κ2) is 4.33. The Labute approximate surface area is 112 Å². The number of benzene rings is 1. The van der Waals surface area contributed by atoms with Gasteiger partial charge in [-0.25, -0.2) is 4.98 Å². The van der Waals surface area contributed by atoms with Crippen molar-refractivity contribution in [2.45, 2.75) is 13.1 Å². The maximum absolute atomic E-state index is 12.8. The summed E-state index contributed by atoms with van der Waals surface area (Å²) < 4.78 is 44.0. The number of alkyl halides is 3. The SMILES string of the molecule is Cc1c(C(F)(F)F)ccc2oc(-c3ccncc3)nc12. The van der Waals surface area contributed by atoms with E-state index >= 15 is 0 Å². The molecule has 3 rings (SSSR count). The van der Waals surface area contributed by atoms with Crippen LogP contribution in [-0.2, 0) is 6.18 Å². The molecule has 3 nitrogen and oxygen atoms in total. The fourth-order valence-corrected chi connectivity index (χ4v) is 2.05. The topological polar surface area (TPSA) is 38.9 Å². The molecule has 0 aliphatic heterocycles. The lowest BCUT2D eigenvalue weighted by Crippen LogP contribution is -2.07. The van der Waals surface area contributed by atoms with E-state index in [0.717, 1.165) is 6.07 Å². The van der Waals surface area contributed by atoms with Crippen LogP contribution in [-0.4, -0.2) is 9.97 Å². The van der Waals surface area contributed by atoms with Gasteiger partial charge in [-0.3, -0.25) is 4.98 Å². The molecular formula is C14H9F3N2O. The molecule has 0 saturated heterocycles. The molecule has 0 amide bonds. The molecule has 6 heteroatoms. The monoisotopic (exact) mass is 278 g/mol. The highest BCUT2D eigenvalue weighted by Crippen LogP contribution is 2.36. The normalized spacial score (nSPS) is 12.0. The van der Waals surface area contributed by atoms with Crippen molar-refractivity contribution in [3.8, 4) is 11.5 Å². The zero-order chi connectivity index (χ0) is 14.3. The van der Waals surface area contributed by atoms with Crippen LogP contribution in [0, 0.1) is 6.92 Å². The Kier molecular flexibility index (Phi) is 2.74. The smallest absolute Gasteiger partial charge is 0.416 e. The Morgan fingerprint density at radius 3 is 2.40 bits per heavy atom. The lowest BCUT2D eigenvalue weighted by Gasteiger charge is -2.09. The van der Waals surface area contributed by atoms with Gasteiger partial charge in [0.15, 0.2) is 5.58 Å². The van der Waals surface area contributed by atoms with Crippen LogP contribution < -0.4 is 0 Å². The average Bonchev–Trinajstić information content (AvgIpc) is 2.83. The van der Waals surface area contributed by atoms with Crippen LogP contribution in [0.3, 0.4) is 0 Å². The molecule has 0 fully saturated rings. The Hall–Kier alpha value is -2.37. The molecule has 2 aromatic heterocycles. The number of nitrogens with zero attached hydrogens (tertiary/aromatic N) is 2. The molecular weight excluding hydrogens is 269 g/mol. The van der Waals surface area contributed by atoms with Gasteiger partial charge in [0.2, 0.25) is 5.89 Å². The zero-order valence-electron chi connectivity index (χ0n) is 10.4. The third-order valence-corrected chi connectivity index (χ3v) is 3.05. The first-order valence-corrected chi connectivity index (χ1v) is 5.84. The average molecular weight is 278 g/mol. The number of aromatic nitrogens is 2. The Bertz CT molecular complexity index is 763. The maximum atomic E-state index is 12.8. The molecule has 0 radical (unpaired) electrons. The molecule has 0 bridgehead atoms. The van der Waals surface area contributed by atoms with Gasteiger partial charge in [-0.05, 0) is 36.8 Å². The number of oxazole rings is 1. The first-order chi connectivity index (χ1) is 9.47. The second-order valence-electron chi connectivity index (χ2n) is 4.34. The van der Waals surface area contributed by atoms with Crippen molar-refractivity contribution in [1.82, 2.24) is 9.97 Å². The molecule has 0 saturated carbocycles. The highest BCUT2D eigenvalue weighted by atomic mass is 19.4. The van der Waals surface area contributed by atoms with Gasteiger partial charge < -0.3 is 4.42 Å². The second-order valence-corrected chi connectivity index (χ2v) is 4.34. The number of aryl methyl sites for hydroxylation is 1. The first-order valence-electron chi connectivity index (χ1n) is 5.84. The van der Waals surface area contributed by atoms with Crippen LogP contribution in [0.25, 0.3) is 22.6 Å². The van der Waals surface area contributed by atoms with Crippen LogP contribution in [0.5, 0.6) is 0 Å². The van der Waals surface area contributed by atoms with Crippen molar-refractivity contribution in [2.24, 2.45) is 0 Å². The molecule has 0 spiro atoms. The molecule has 3 aromatic rings. The van der Waals surface area contributed by atoms with E-state index in [1.54, 1.807) is 24.5 Å². The van der Waals surface area contributed by atoms with Crippen molar-refractivity contribution in [3.05, 3.63) is 47.8 Å². The standard InChI is InChI=1S/C14H9F3N2O/c1-8-10(14(15,16)17)2-3-11-12(8)19-13(20-11)9-4-6-18-7-5-9/h2-7H,1H3. The molecule has 0 aliphatic carbocycles. The Morgan fingerprint density at radius 1 is 1.05 bits per heavy atom. The third-order valence-electron chi connectivity index (χ3n) is 3.05. The molecule has 0 aliphatic rings. The van der Waals surface area contributed by atoms with Crippen LogP contribution in [0.2, 0.25) is 0 Å². The quantitative estimate of drug-likeness (QED) is 0.669. The number of fused-ring (bicyclic) bond motifs is 1. The molecule has 102 valence electrons. The fraction of sp³-hybridized carbons (Fsp3) is 0.143. The lowest BCUT2D eigenvalue weighted by molar-refractivity contribution is -0.137. The van der Waals surface area contributed by atoms with E-state index in [9.17, 15) is 13.2 Å². The van der Waals surface area contributed by atoms with Gasteiger partial charge in [-0.1, -0.05) is 0 Å². The Balaban J connectivity index is 2.20. The van der Waals surface area contributed by atoms with Gasteiger partial charge in [0.25, 0.3) is 0 Å². The molecule has 0 N–H and O–H groups in total. The summed E-state index contributed by atoms with van der Waals surface area (Å²) >= 11 is 0. The minimum atomic E-state index is -4.39. The van der Waals surface area contributed by atoms with E-state index in [2.05, 4.69) is 9.97 Å². The van der Waals surface area contributed by atoms with Gasteiger partial charge in [-0.15, -0.1) is 0 Å². The largest absolute Gasteiger partial charge is 0.436 e. The fourth-order valence-electron chi connectivity index (χ4n) is 2.05. The van der Waals surface area contributed by atoms with E-state index in [-0.39, 0.29) is 17.0 Å². The highest BCUT2D eigenvalue weighted by Gasteiger charge is 2.33. The van der Waals surface area contributed by atoms with Crippen LogP contribution in [0.1, 0.15) is 11.1 Å². The predicted molar refractivity (Wildman–Crippen MR) is 67.0 cm³/mol. The molecule has 1 aromatic carbocycles. The lowest BCUT2D eigenvalue weighted by atomic mass is 10.1. The zero-order valence-corrected chi connectivity index (χ0v) is 10.4. The van der Waals surface area contributed by atoms with E-state index in [4.69, 9.17) is 4.42 Å². The third kappa shape index (κ3) is 2.03. The summed E-state index contributed by atoms with van der Waals surface area (Å²) in [6.07, 6.45) is -1.26. The first kappa shape index (κ1) is 12.7. The summed E-state index contributed by atoms with van der Waals surface area (Å²) in [4.78, 5) is 8.03. The van der Waals surface area contributed by atoms with Crippen LogP contribution >= 0.6 is 0 Å². The van der Waals surface area contributed by atoms with Crippen LogP contribution in [0.4, 0.5) is 13.2 Å². The van der Waals surface area contributed by atoms with E-state index in [0.29, 0.717) is 11.1 Å². The van der Waals surface area contributed by atoms with Gasteiger partial charge in [-0.2, -0.15) is 13.2 Å². The summed E-state index contributed by atoms with van der Waals surface area (Å²) in [5, 5.41) is 0. The highest BCUT2D eigenvalue weighted by molar-refractivity contribution is 5.80. The maximum Gasteiger partial charge on any atom is 0.416 e. The number of rotatable bonds is 1. The van der Waals surface area contributed by atoms with Gasteiger partial charge >= 0.3 is 6.18 Å². The van der Waals surface area contributed by atoms with E-state index in [1.807, 2.05) is 0 Å². The van der Waals surface area contributed by atoms with Crippen molar-refractivity contribution < 1.29 is 17.6 Å². The van der Waals surface area contributed by atoms with E-state index in [1.165, 1.54) is 13.0 Å². The summed E-state index contributed by atoms with van der Waals surface area (Å²) in [6, 6.07) is 5.68. The minimum Gasteiger partial charge on any atom is -0.436 e. The molecule has 2 heterocycles. The van der Waals surface area contributed by atoms with Crippen molar-refractivity contribution >= 4 is 11.1 Å². The minimum absolute atomic E-state index is 0.0686. The number of pyridine rings is 1.